The van der Waals surface area contributed by atoms with E-state index in [0.717, 1.165) is 0 Å². The minimum atomic E-state index is -0.597. The van der Waals surface area contributed by atoms with E-state index in [9.17, 15) is 10.0 Å². The van der Waals surface area contributed by atoms with Crippen LogP contribution in [0, 0.1) is 5.21 Å². The van der Waals surface area contributed by atoms with Crippen LogP contribution in [-0.2, 0) is 0 Å². The molecular formula is C7H6NO2-. The number of rotatable bonds is 1. The van der Waals surface area contributed by atoms with Crippen LogP contribution < -0.4 is 5.48 Å². The van der Waals surface area contributed by atoms with Gasteiger partial charge in [-0.1, -0.05) is 18.2 Å². The Hall–Kier alpha value is -1.35. The fourth-order valence-electron chi connectivity index (χ4n) is 0.648. The van der Waals surface area contributed by atoms with E-state index in [0.29, 0.717) is 5.56 Å². The molecule has 0 spiro atoms. The second-order valence-corrected chi connectivity index (χ2v) is 1.80. The smallest absolute Gasteiger partial charge is 0.240 e. The zero-order valence-corrected chi connectivity index (χ0v) is 5.20. The Bertz CT molecular complexity index is 220. The van der Waals surface area contributed by atoms with Crippen LogP contribution in [0.15, 0.2) is 30.3 Å². The number of hydrogen-bond acceptors (Lipinski definition) is 2. The van der Waals surface area contributed by atoms with Gasteiger partial charge < -0.3 is 10.7 Å². The van der Waals surface area contributed by atoms with Crippen molar-refractivity contribution in [2.45, 2.75) is 0 Å². The molecule has 3 heteroatoms. The van der Waals surface area contributed by atoms with Crippen LogP contribution in [0.5, 0.6) is 0 Å². The number of hydroxylamine groups is 1. The SMILES string of the molecule is O=C(N[O-])c1ccccc1. The first-order chi connectivity index (χ1) is 4.84. The molecule has 1 aromatic rings. The summed E-state index contributed by atoms with van der Waals surface area (Å²) >= 11 is 0. The summed E-state index contributed by atoms with van der Waals surface area (Å²) in [6, 6.07) is 8.33. The average molecular weight is 136 g/mol. The van der Waals surface area contributed by atoms with Crippen molar-refractivity contribution in [2.24, 2.45) is 0 Å². The maximum atomic E-state index is 10.6. The third kappa shape index (κ3) is 1.33. The molecule has 10 heavy (non-hydrogen) atoms. The van der Waals surface area contributed by atoms with Crippen LogP contribution in [0.3, 0.4) is 0 Å². The molecule has 0 aromatic heterocycles. The van der Waals surface area contributed by atoms with Gasteiger partial charge >= 0.3 is 0 Å². The van der Waals surface area contributed by atoms with E-state index in [1.807, 2.05) is 0 Å². The quantitative estimate of drug-likeness (QED) is 0.583. The zero-order valence-electron chi connectivity index (χ0n) is 5.20. The minimum absolute atomic E-state index is 0.387. The van der Waals surface area contributed by atoms with Gasteiger partial charge in [0.1, 0.15) is 0 Å². The minimum Gasteiger partial charge on any atom is -0.759 e. The Labute approximate surface area is 58.3 Å². The third-order valence-corrected chi connectivity index (χ3v) is 1.13. The Morgan fingerprint density at radius 1 is 1.30 bits per heavy atom. The fraction of sp³-hybridized carbons (Fsp3) is 0. The predicted octanol–water partition coefficient (Wildman–Crippen LogP) is 0.914. The van der Waals surface area contributed by atoms with Crippen LogP contribution in [0.1, 0.15) is 10.4 Å². The van der Waals surface area contributed by atoms with Crippen LogP contribution in [0.2, 0.25) is 0 Å². The van der Waals surface area contributed by atoms with E-state index in [1.54, 1.807) is 30.3 Å². The molecule has 1 aromatic carbocycles. The number of nitrogens with one attached hydrogen (secondary N) is 1. The largest absolute Gasteiger partial charge is 0.759 e. The van der Waals surface area contributed by atoms with Crippen LogP contribution in [0.25, 0.3) is 0 Å². The lowest BCUT2D eigenvalue weighted by molar-refractivity contribution is 0.0970. The molecule has 0 saturated heterocycles. The summed E-state index contributed by atoms with van der Waals surface area (Å²) in [6.45, 7) is 0. The first kappa shape index (κ1) is 6.77. The van der Waals surface area contributed by atoms with Crippen molar-refractivity contribution in [2.75, 3.05) is 0 Å². The van der Waals surface area contributed by atoms with E-state index < -0.39 is 5.91 Å². The second kappa shape index (κ2) is 2.98. The molecule has 0 aliphatic heterocycles. The number of hydrogen-bond donors (Lipinski definition) is 1. The molecule has 52 valence electrons. The molecule has 1 rings (SSSR count). The van der Waals surface area contributed by atoms with Gasteiger partial charge in [0.2, 0.25) is 5.91 Å². The van der Waals surface area contributed by atoms with E-state index in [-0.39, 0.29) is 0 Å². The molecule has 0 atom stereocenters. The lowest BCUT2D eigenvalue weighted by atomic mass is 10.2. The Morgan fingerprint density at radius 2 is 1.90 bits per heavy atom. The van der Waals surface area contributed by atoms with E-state index in [4.69, 9.17) is 0 Å². The van der Waals surface area contributed by atoms with Gasteiger partial charge in [0.25, 0.3) is 0 Å². The molecule has 0 saturated carbocycles. The maximum Gasteiger partial charge on any atom is 0.240 e. The molecule has 1 amide bonds. The molecule has 1 N–H and O–H groups in total. The van der Waals surface area contributed by atoms with Gasteiger partial charge in [-0.15, -0.1) is 0 Å². The van der Waals surface area contributed by atoms with Crippen molar-refractivity contribution in [3.63, 3.8) is 0 Å². The number of carbonyl (C=O) groups is 1. The molecule has 0 bridgehead atoms. The van der Waals surface area contributed by atoms with E-state index >= 15 is 0 Å². The van der Waals surface area contributed by atoms with Crippen LogP contribution in [0.4, 0.5) is 0 Å². The summed E-state index contributed by atoms with van der Waals surface area (Å²) in [5.41, 5.74) is 1.68. The normalized spacial score (nSPS) is 8.90. The second-order valence-electron chi connectivity index (χ2n) is 1.80. The highest BCUT2D eigenvalue weighted by Gasteiger charge is 1.95. The summed E-state index contributed by atoms with van der Waals surface area (Å²) in [6.07, 6.45) is 0. The summed E-state index contributed by atoms with van der Waals surface area (Å²) in [5.74, 6) is -0.597. The molecular weight excluding hydrogens is 130 g/mol. The summed E-state index contributed by atoms with van der Waals surface area (Å²) in [5, 5.41) is 9.83. The highest BCUT2D eigenvalue weighted by Crippen LogP contribution is 1.96. The predicted molar refractivity (Wildman–Crippen MR) is 37.3 cm³/mol. The highest BCUT2D eigenvalue weighted by atomic mass is 16.5. The molecule has 0 fully saturated rings. The Balaban J connectivity index is 2.85. The first-order valence-corrected chi connectivity index (χ1v) is 2.82. The highest BCUT2D eigenvalue weighted by molar-refractivity contribution is 5.94. The molecule has 0 aliphatic carbocycles. The first-order valence-electron chi connectivity index (χ1n) is 2.82. The van der Waals surface area contributed by atoms with Crippen molar-refractivity contribution < 1.29 is 4.79 Å². The van der Waals surface area contributed by atoms with Gasteiger partial charge in [0, 0.05) is 5.56 Å². The van der Waals surface area contributed by atoms with E-state index in [2.05, 4.69) is 0 Å². The van der Waals surface area contributed by atoms with Gasteiger partial charge in [0.05, 0.1) is 0 Å². The number of amides is 1. The van der Waals surface area contributed by atoms with Crippen molar-refractivity contribution >= 4 is 5.91 Å². The van der Waals surface area contributed by atoms with Gasteiger partial charge in [-0.3, -0.25) is 4.79 Å². The van der Waals surface area contributed by atoms with Crippen molar-refractivity contribution in [3.05, 3.63) is 41.1 Å². The lowest BCUT2D eigenvalue weighted by Gasteiger charge is -2.05. The van der Waals surface area contributed by atoms with Crippen LogP contribution in [-0.4, -0.2) is 5.91 Å². The Kier molecular flexibility index (Phi) is 2.02. The summed E-state index contributed by atoms with van der Waals surface area (Å²) in [7, 11) is 0. The van der Waals surface area contributed by atoms with Gasteiger partial charge in [0.15, 0.2) is 0 Å². The monoisotopic (exact) mass is 136 g/mol. The van der Waals surface area contributed by atoms with Crippen LogP contribution >= 0.6 is 0 Å². The standard InChI is InChI=1S/C7H6NO2/c9-7(8-10)6-4-2-1-3-5-6/h1-5H,(H-,8,9,10)/q-1. The van der Waals surface area contributed by atoms with Gasteiger partial charge in [-0.2, -0.15) is 0 Å². The van der Waals surface area contributed by atoms with Crippen molar-refractivity contribution in [1.82, 2.24) is 5.48 Å². The summed E-state index contributed by atoms with van der Waals surface area (Å²) in [4.78, 5) is 10.6. The maximum absolute atomic E-state index is 10.6. The average Bonchev–Trinajstić information content (AvgIpc) is 2.05. The summed E-state index contributed by atoms with van der Waals surface area (Å²) < 4.78 is 0. The molecule has 0 heterocycles. The fourth-order valence-corrected chi connectivity index (χ4v) is 0.648. The third-order valence-electron chi connectivity index (χ3n) is 1.13. The number of benzene rings is 1. The zero-order chi connectivity index (χ0) is 7.40. The van der Waals surface area contributed by atoms with Crippen molar-refractivity contribution in [3.8, 4) is 0 Å². The topological polar surface area (TPSA) is 52.2 Å². The molecule has 0 aliphatic rings. The van der Waals surface area contributed by atoms with E-state index in [1.165, 1.54) is 5.48 Å². The molecule has 0 radical (unpaired) electrons. The molecule has 3 nitrogen and oxygen atoms in total. The van der Waals surface area contributed by atoms with Gasteiger partial charge in [-0.05, 0) is 12.1 Å². The van der Waals surface area contributed by atoms with Crippen molar-refractivity contribution in [1.29, 1.82) is 0 Å². The number of carbonyl (C=O) groups excluding carboxylic acids is 1. The molecule has 0 unspecified atom stereocenters. The van der Waals surface area contributed by atoms with Gasteiger partial charge in [-0.25, -0.2) is 0 Å². The lowest BCUT2D eigenvalue weighted by Crippen LogP contribution is -2.15. The Morgan fingerprint density at radius 3 is 2.40 bits per heavy atom.